The Labute approximate surface area is 141 Å². The summed E-state index contributed by atoms with van der Waals surface area (Å²) in [6.45, 7) is 0. The molecule has 2 aromatic carbocycles. The molecular formula is C17H13FN4O3. The van der Waals surface area contributed by atoms with Crippen LogP contribution in [-0.2, 0) is 0 Å². The van der Waals surface area contributed by atoms with Crippen LogP contribution in [0.15, 0.2) is 53.6 Å². The van der Waals surface area contributed by atoms with E-state index in [4.69, 9.17) is 0 Å². The normalized spacial score (nSPS) is 10.9. The predicted octanol–water partition coefficient (Wildman–Crippen LogP) is 2.39. The Kier molecular flexibility index (Phi) is 4.42. The van der Waals surface area contributed by atoms with Crippen LogP contribution in [0.3, 0.4) is 0 Å². The first-order valence-corrected chi connectivity index (χ1v) is 7.19. The Hall–Kier alpha value is -3.68. The van der Waals surface area contributed by atoms with Gasteiger partial charge < -0.3 is 10.2 Å². The van der Waals surface area contributed by atoms with E-state index in [1.54, 1.807) is 12.1 Å². The van der Waals surface area contributed by atoms with Gasteiger partial charge in [0.2, 0.25) is 0 Å². The highest BCUT2D eigenvalue weighted by Crippen LogP contribution is 2.24. The van der Waals surface area contributed by atoms with Gasteiger partial charge in [0.15, 0.2) is 11.5 Å². The summed E-state index contributed by atoms with van der Waals surface area (Å²) in [6, 6.07) is 11.4. The second-order valence-electron chi connectivity index (χ2n) is 5.12. The van der Waals surface area contributed by atoms with E-state index in [1.807, 2.05) is 0 Å². The minimum Gasteiger partial charge on any atom is -0.504 e. The van der Waals surface area contributed by atoms with Crippen molar-refractivity contribution in [3.8, 4) is 22.8 Å². The summed E-state index contributed by atoms with van der Waals surface area (Å²) in [6.07, 6.45) is 1.31. The highest BCUT2D eigenvalue weighted by atomic mass is 19.1. The average molecular weight is 340 g/mol. The molecule has 0 aliphatic carbocycles. The van der Waals surface area contributed by atoms with Gasteiger partial charge in [0.1, 0.15) is 11.5 Å². The fourth-order valence-corrected chi connectivity index (χ4v) is 2.05. The molecule has 0 fully saturated rings. The first-order valence-electron chi connectivity index (χ1n) is 7.19. The third-order valence-corrected chi connectivity index (χ3v) is 3.34. The lowest BCUT2D eigenvalue weighted by atomic mass is 10.1. The Bertz CT molecular complexity index is 935. The molecule has 1 amide bonds. The molecular weight excluding hydrogens is 327 g/mol. The van der Waals surface area contributed by atoms with Crippen LogP contribution in [-0.4, -0.2) is 32.5 Å². The maximum atomic E-state index is 12.9. The fraction of sp³-hybridized carbons (Fsp3) is 0. The molecule has 0 aliphatic heterocycles. The molecule has 0 radical (unpaired) electrons. The lowest BCUT2D eigenvalue weighted by Gasteiger charge is -1.99. The second kappa shape index (κ2) is 6.83. The Balaban J connectivity index is 1.66. The van der Waals surface area contributed by atoms with Crippen molar-refractivity contribution in [2.75, 3.05) is 0 Å². The third-order valence-electron chi connectivity index (χ3n) is 3.34. The van der Waals surface area contributed by atoms with Gasteiger partial charge in [-0.1, -0.05) is 0 Å². The molecule has 1 heterocycles. The molecule has 8 heteroatoms. The number of hydrazone groups is 1. The summed E-state index contributed by atoms with van der Waals surface area (Å²) >= 11 is 0. The third kappa shape index (κ3) is 3.81. The summed E-state index contributed by atoms with van der Waals surface area (Å²) in [5, 5.41) is 29.0. The summed E-state index contributed by atoms with van der Waals surface area (Å²) < 4.78 is 12.9. The maximum absolute atomic E-state index is 12.9. The van der Waals surface area contributed by atoms with Gasteiger partial charge in [0.25, 0.3) is 5.91 Å². The Morgan fingerprint density at radius 3 is 2.60 bits per heavy atom. The van der Waals surface area contributed by atoms with Crippen molar-refractivity contribution in [1.29, 1.82) is 0 Å². The van der Waals surface area contributed by atoms with Crippen molar-refractivity contribution in [2.45, 2.75) is 0 Å². The molecule has 0 unspecified atom stereocenters. The molecule has 0 atom stereocenters. The molecule has 1 aromatic heterocycles. The van der Waals surface area contributed by atoms with E-state index in [0.29, 0.717) is 16.8 Å². The summed E-state index contributed by atoms with van der Waals surface area (Å²) in [5.41, 5.74) is 4.15. The maximum Gasteiger partial charge on any atom is 0.289 e. The quantitative estimate of drug-likeness (QED) is 0.332. The van der Waals surface area contributed by atoms with E-state index in [-0.39, 0.29) is 23.0 Å². The standard InChI is InChI=1S/C17H13FN4O3/c18-12-4-2-11(3-5-12)13-8-14(21-20-13)17(25)22-19-9-10-1-6-15(23)16(24)7-10/h1-9,23-24H,(H,20,21)(H,22,25)/b19-9+. The first kappa shape index (κ1) is 16.2. The number of phenols is 2. The molecule has 4 N–H and O–H groups in total. The first-order chi connectivity index (χ1) is 12.0. The monoisotopic (exact) mass is 340 g/mol. The van der Waals surface area contributed by atoms with E-state index in [0.717, 1.165) is 0 Å². The number of phenolic OH excluding ortho intramolecular Hbond substituents is 2. The van der Waals surface area contributed by atoms with Crippen LogP contribution in [0.4, 0.5) is 4.39 Å². The molecule has 3 rings (SSSR count). The van der Waals surface area contributed by atoms with Gasteiger partial charge in [0.05, 0.1) is 11.9 Å². The van der Waals surface area contributed by atoms with E-state index >= 15 is 0 Å². The number of rotatable bonds is 4. The number of amides is 1. The van der Waals surface area contributed by atoms with Crippen molar-refractivity contribution in [1.82, 2.24) is 15.6 Å². The van der Waals surface area contributed by atoms with Crippen molar-refractivity contribution in [2.24, 2.45) is 5.10 Å². The number of nitrogens with one attached hydrogen (secondary N) is 2. The molecule has 126 valence electrons. The molecule has 25 heavy (non-hydrogen) atoms. The van der Waals surface area contributed by atoms with Crippen molar-refractivity contribution >= 4 is 12.1 Å². The Morgan fingerprint density at radius 1 is 1.12 bits per heavy atom. The average Bonchev–Trinajstić information content (AvgIpc) is 3.09. The van der Waals surface area contributed by atoms with Gasteiger partial charge in [-0.3, -0.25) is 9.89 Å². The number of halogens is 1. The molecule has 0 spiro atoms. The topological polar surface area (TPSA) is 111 Å². The van der Waals surface area contributed by atoms with Gasteiger partial charge >= 0.3 is 0 Å². The number of nitrogens with zero attached hydrogens (tertiary/aromatic N) is 2. The minimum absolute atomic E-state index is 0.185. The van der Waals surface area contributed by atoms with Crippen molar-refractivity contribution in [3.63, 3.8) is 0 Å². The van der Waals surface area contributed by atoms with Crippen molar-refractivity contribution < 1.29 is 19.4 Å². The summed E-state index contributed by atoms with van der Waals surface area (Å²) in [7, 11) is 0. The van der Waals surface area contributed by atoms with Gasteiger partial charge in [-0.15, -0.1) is 0 Å². The zero-order valence-electron chi connectivity index (χ0n) is 12.8. The van der Waals surface area contributed by atoms with Crippen LogP contribution < -0.4 is 5.43 Å². The largest absolute Gasteiger partial charge is 0.504 e. The second-order valence-corrected chi connectivity index (χ2v) is 5.12. The van der Waals surface area contributed by atoms with Crippen LogP contribution in [0.25, 0.3) is 11.3 Å². The van der Waals surface area contributed by atoms with E-state index in [1.165, 1.54) is 42.6 Å². The number of carbonyl (C=O) groups excluding carboxylic acids is 1. The number of aromatic hydroxyl groups is 2. The minimum atomic E-state index is -0.514. The van der Waals surface area contributed by atoms with Gasteiger partial charge in [-0.2, -0.15) is 10.2 Å². The smallest absolute Gasteiger partial charge is 0.289 e. The van der Waals surface area contributed by atoms with Gasteiger partial charge in [-0.05, 0) is 54.1 Å². The highest BCUT2D eigenvalue weighted by molar-refractivity contribution is 5.94. The number of benzene rings is 2. The SMILES string of the molecule is O=C(N/N=C/c1ccc(O)c(O)c1)c1cc(-c2ccc(F)cc2)n[nH]1. The Morgan fingerprint density at radius 2 is 1.88 bits per heavy atom. The van der Waals surface area contributed by atoms with Crippen LogP contribution >= 0.6 is 0 Å². The summed E-state index contributed by atoms with van der Waals surface area (Å²) in [5.74, 6) is -1.40. The molecule has 0 aliphatic rings. The van der Waals surface area contributed by atoms with Gasteiger partial charge in [0, 0.05) is 5.56 Å². The zero-order chi connectivity index (χ0) is 17.8. The van der Waals surface area contributed by atoms with Crippen LogP contribution in [0.5, 0.6) is 11.5 Å². The molecule has 0 bridgehead atoms. The van der Waals surface area contributed by atoms with E-state index in [2.05, 4.69) is 20.7 Å². The molecule has 0 saturated carbocycles. The van der Waals surface area contributed by atoms with Gasteiger partial charge in [-0.25, -0.2) is 9.82 Å². The fourth-order valence-electron chi connectivity index (χ4n) is 2.05. The number of carbonyl (C=O) groups is 1. The van der Waals surface area contributed by atoms with E-state index < -0.39 is 5.91 Å². The molecule has 3 aromatic rings. The van der Waals surface area contributed by atoms with Crippen LogP contribution in [0.1, 0.15) is 16.1 Å². The predicted molar refractivity (Wildman–Crippen MR) is 88.8 cm³/mol. The van der Waals surface area contributed by atoms with Crippen molar-refractivity contribution in [3.05, 3.63) is 65.6 Å². The summed E-state index contributed by atoms with van der Waals surface area (Å²) in [4.78, 5) is 12.0. The number of hydrogen-bond acceptors (Lipinski definition) is 5. The van der Waals surface area contributed by atoms with Crippen LogP contribution in [0, 0.1) is 5.82 Å². The lowest BCUT2D eigenvalue weighted by Crippen LogP contribution is -2.17. The lowest BCUT2D eigenvalue weighted by molar-refractivity contribution is 0.0950. The number of hydrogen-bond donors (Lipinski definition) is 4. The van der Waals surface area contributed by atoms with Crippen LogP contribution in [0.2, 0.25) is 0 Å². The zero-order valence-corrected chi connectivity index (χ0v) is 12.8. The molecule has 0 saturated heterocycles. The highest BCUT2D eigenvalue weighted by Gasteiger charge is 2.10. The number of aromatic amines is 1. The molecule has 7 nitrogen and oxygen atoms in total. The number of aromatic nitrogens is 2. The number of H-pyrrole nitrogens is 1. The van der Waals surface area contributed by atoms with E-state index in [9.17, 15) is 19.4 Å².